The molecule has 1 heterocycles. The number of nitrogens with two attached hydrogens (primary N) is 1. The molecular weight excluding hydrogens is 272 g/mol. The van der Waals surface area contributed by atoms with Gasteiger partial charge in [-0.1, -0.05) is 13.8 Å². The summed E-state index contributed by atoms with van der Waals surface area (Å²) >= 11 is 0. The average molecular weight is 290 g/mol. The molecule has 108 valence electrons. The molecule has 0 radical (unpaired) electrons. The highest BCUT2D eigenvalue weighted by molar-refractivity contribution is 7.89. The van der Waals surface area contributed by atoms with Gasteiger partial charge in [-0.15, -0.1) is 0 Å². The lowest BCUT2D eigenvalue weighted by Crippen LogP contribution is -2.37. The van der Waals surface area contributed by atoms with Crippen LogP contribution >= 0.6 is 0 Å². The van der Waals surface area contributed by atoms with E-state index in [2.05, 4.69) is 5.32 Å². The minimum absolute atomic E-state index is 0.124. The Morgan fingerprint density at radius 2 is 2.11 bits per heavy atom. The highest BCUT2D eigenvalue weighted by Gasteiger charge is 2.19. The van der Waals surface area contributed by atoms with E-state index >= 15 is 0 Å². The highest BCUT2D eigenvalue weighted by Crippen LogP contribution is 2.13. The molecule has 0 saturated heterocycles. The van der Waals surface area contributed by atoms with Crippen molar-refractivity contribution in [1.82, 2.24) is 5.32 Å². The fraction of sp³-hybridized carbons (Fsp3) is 0.545. The third-order valence-electron chi connectivity index (χ3n) is 2.45. The van der Waals surface area contributed by atoms with Gasteiger partial charge >= 0.3 is 5.97 Å². The van der Waals surface area contributed by atoms with Gasteiger partial charge in [0.1, 0.15) is 11.8 Å². The zero-order chi connectivity index (χ0) is 14.6. The molecule has 8 heteroatoms. The van der Waals surface area contributed by atoms with Crippen LogP contribution in [-0.4, -0.2) is 25.5 Å². The summed E-state index contributed by atoms with van der Waals surface area (Å²) in [5, 5.41) is 16.4. The fourth-order valence-corrected chi connectivity index (χ4v) is 2.05. The van der Waals surface area contributed by atoms with Crippen molar-refractivity contribution in [3.8, 4) is 0 Å². The second kappa shape index (κ2) is 6.18. The lowest BCUT2D eigenvalue weighted by Gasteiger charge is -2.15. The van der Waals surface area contributed by atoms with E-state index in [0.717, 1.165) is 0 Å². The van der Waals surface area contributed by atoms with Crippen LogP contribution in [0, 0.1) is 5.92 Å². The van der Waals surface area contributed by atoms with Crippen LogP contribution < -0.4 is 10.5 Å². The molecule has 4 N–H and O–H groups in total. The van der Waals surface area contributed by atoms with Gasteiger partial charge in [-0.3, -0.25) is 10.1 Å². The van der Waals surface area contributed by atoms with Crippen LogP contribution in [0.2, 0.25) is 0 Å². The Bertz CT molecular complexity index is 535. The molecule has 1 atom stereocenters. The predicted octanol–water partition coefficient (Wildman–Crippen LogP) is 0.516. The Morgan fingerprint density at radius 1 is 1.47 bits per heavy atom. The molecule has 0 amide bonds. The Hall–Kier alpha value is -1.38. The summed E-state index contributed by atoms with van der Waals surface area (Å²) in [6.07, 6.45) is 0.470. The number of rotatable bonds is 7. The maximum absolute atomic E-state index is 11.0. The van der Waals surface area contributed by atoms with Crippen LogP contribution in [-0.2, 0) is 21.4 Å². The number of furan rings is 1. The van der Waals surface area contributed by atoms with Crippen molar-refractivity contribution in [2.75, 3.05) is 0 Å². The standard InChI is InChI=1S/C11H18N2O5S/c1-7(2)5-9(11(14)15)13-6-8-3-4-10(18-8)19(12,16)17/h3-4,7,9,13H,5-6H2,1-2H3,(H,14,15)(H2,12,16,17). The third-order valence-corrected chi connectivity index (χ3v) is 3.23. The Morgan fingerprint density at radius 3 is 2.53 bits per heavy atom. The first kappa shape index (κ1) is 15.7. The van der Waals surface area contributed by atoms with Gasteiger partial charge in [0.15, 0.2) is 0 Å². The van der Waals surface area contributed by atoms with Crippen LogP contribution in [0.15, 0.2) is 21.6 Å². The number of hydrogen-bond donors (Lipinski definition) is 3. The molecule has 0 aliphatic heterocycles. The van der Waals surface area contributed by atoms with Gasteiger partial charge in [0.25, 0.3) is 10.0 Å². The van der Waals surface area contributed by atoms with Crippen molar-refractivity contribution in [2.45, 2.75) is 37.9 Å². The van der Waals surface area contributed by atoms with Gasteiger partial charge in [0.2, 0.25) is 5.09 Å². The molecule has 0 saturated carbocycles. The van der Waals surface area contributed by atoms with Crippen LogP contribution in [0.1, 0.15) is 26.0 Å². The first-order chi connectivity index (χ1) is 8.70. The van der Waals surface area contributed by atoms with E-state index < -0.39 is 22.0 Å². The van der Waals surface area contributed by atoms with Gasteiger partial charge in [0.05, 0.1) is 6.54 Å². The van der Waals surface area contributed by atoms with Crippen LogP contribution in [0.4, 0.5) is 0 Å². The molecule has 0 bridgehead atoms. The quantitative estimate of drug-likeness (QED) is 0.672. The summed E-state index contributed by atoms with van der Waals surface area (Å²) in [4.78, 5) is 11.0. The topological polar surface area (TPSA) is 123 Å². The van der Waals surface area contributed by atoms with Crippen LogP contribution in [0.5, 0.6) is 0 Å². The fourth-order valence-electron chi connectivity index (χ4n) is 1.57. The summed E-state index contributed by atoms with van der Waals surface area (Å²) < 4.78 is 27.0. The second-order valence-corrected chi connectivity index (χ2v) is 6.16. The van der Waals surface area contributed by atoms with Gasteiger partial charge < -0.3 is 9.52 Å². The van der Waals surface area contributed by atoms with Gasteiger partial charge in [-0.2, -0.15) is 0 Å². The SMILES string of the molecule is CC(C)CC(NCc1ccc(S(N)(=O)=O)o1)C(=O)O. The lowest BCUT2D eigenvalue weighted by atomic mass is 10.0. The minimum Gasteiger partial charge on any atom is -0.480 e. The number of sulfonamides is 1. The van der Waals surface area contributed by atoms with E-state index in [1.54, 1.807) is 0 Å². The molecular formula is C11H18N2O5S. The van der Waals surface area contributed by atoms with Crippen molar-refractivity contribution in [2.24, 2.45) is 11.1 Å². The minimum atomic E-state index is -3.87. The summed E-state index contributed by atoms with van der Waals surface area (Å²) in [5.74, 6) is -0.406. The van der Waals surface area contributed by atoms with Gasteiger partial charge in [-0.25, -0.2) is 13.6 Å². The Labute approximate surface area is 111 Å². The second-order valence-electron chi connectivity index (χ2n) is 4.67. The summed E-state index contributed by atoms with van der Waals surface area (Å²) in [6, 6.07) is 1.98. The predicted molar refractivity (Wildman–Crippen MR) is 67.8 cm³/mol. The lowest BCUT2D eigenvalue weighted by molar-refractivity contribution is -0.140. The van der Waals surface area contributed by atoms with Crippen molar-refractivity contribution in [1.29, 1.82) is 0 Å². The van der Waals surface area contributed by atoms with E-state index in [1.165, 1.54) is 12.1 Å². The zero-order valence-corrected chi connectivity index (χ0v) is 11.6. The molecule has 0 spiro atoms. The normalized spacial score (nSPS) is 13.7. The maximum Gasteiger partial charge on any atom is 0.320 e. The van der Waals surface area contributed by atoms with Crippen molar-refractivity contribution in [3.63, 3.8) is 0 Å². The molecule has 0 aromatic carbocycles. The number of aliphatic carboxylic acids is 1. The van der Waals surface area contributed by atoms with E-state index in [9.17, 15) is 13.2 Å². The van der Waals surface area contributed by atoms with Gasteiger partial charge in [0, 0.05) is 0 Å². The van der Waals surface area contributed by atoms with E-state index in [4.69, 9.17) is 14.7 Å². The van der Waals surface area contributed by atoms with Crippen molar-refractivity contribution in [3.05, 3.63) is 17.9 Å². The summed E-state index contributed by atoms with van der Waals surface area (Å²) in [7, 11) is -3.87. The Balaban J connectivity index is 2.65. The highest BCUT2D eigenvalue weighted by atomic mass is 32.2. The molecule has 1 unspecified atom stereocenters. The number of primary sulfonamides is 1. The van der Waals surface area contributed by atoms with Crippen LogP contribution in [0.25, 0.3) is 0 Å². The molecule has 1 aromatic rings. The van der Waals surface area contributed by atoms with E-state index in [1.807, 2.05) is 13.8 Å². The number of nitrogens with one attached hydrogen (secondary N) is 1. The van der Waals surface area contributed by atoms with Crippen molar-refractivity contribution < 1.29 is 22.7 Å². The first-order valence-corrected chi connectivity index (χ1v) is 7.32. The van der Waals surface area contributed by atoms with E-state index in [0.29, 0.717) is 12.2 Å². The zero-order valence-electron chi connectivity index (χ0n) is 10.8. The molecule has 0 aliphatic carbocycles. The third kappa shape index (κ3) is 5.01. The average Bonchev–Trinajstić information content (AvgIpc) is 2.71. The maximum atomic E-state index is 11.0. The smallest absolute Gasteiger partial charge is 0.320 e. The monoisotopic (exact) mass is 290 g/mol. The van der Waals surface area contributed by atoms with Crippen molar-refractivity contribution >= 4 is 16.0 Å². The molecule has 0 fully saturated rings. The summed E-state index contributed by atoms with van der Waals surface area (Å²) in [6.45, 7) is 3.96. The number of hydrogen-bond acceptors (Lipinski definition) is 5. The first-order valence-electron chi connectivity index (χ1n) is 5.78. The number of carboxylic acids is 1. The van der Waals surface area contributed by atoms with Gasteiger partial charge in [-0.05, 0) is 24.5 Å². The van der Waals surface area contributed by atoms with Crippen LogP contribution in [0.3, 0.4) is 0 Å². The molecule has 1 rings (SSSR count). The summed E-state index contributed by atoms with van der Waals surface area (Å²) in [5.41, 5.74) is 0. The number of carbonyl (C=O) groups is 1. The molecule has 19 heavy (non-hydrogen) atoms. The molecule has 0 aliphatic rings. The molecule has 1 aromatic heterocycles. The number of carboxylic acid groups (broad SMARTS) is 1. The molecule has 7 nitrogen and oxygen atoms in total. The Kier molecular flexibility index (Phi) is 5.10. The largest absolute Gasteiger partial charge is 0.480 e. The van der Waals surface area contributed by atoms with E-state index in [-0.39, 0.29) is 17.6 Å².